The molecular weight excluding hydrogens is 386 g/mol. The first kappa shape index (κ1) is 19.3. The molecule has 1 unspecified atom stereocenters. The molecule has 0 amide bonds. The molecule has 1 aliphatic heterocycles. The van der Waals surface area contributed by atoms with Crippen LogP contribution >= 0.6 is 11.8 Å². The number of nitrogens with one attached hydrogen (secondary N) is 1. The Hall–Kier alpha value is -3.06. The van der Waals surface area contributed by atoms with Crippen molar-refractivity contribution in [3.8, 4) is 11.5 Å². The number of amidine groups is 1. The number of hydrogen-bond acceptors (Lipinski definition) is 7. The normalized spacial score (nSPS) is 15.8. The monoisotopic (exact) mass is 407 g/mol. The number of fused-ring (bicyclic) bond motifs is 1. The number of ether oxygens (including phenoxy) is 2. The van der Waals surface area contributed by atoms with E-state index >= 15 is 0 Å². The summed E-state index contributed by atoms with van der Waals surface area (Å²) >= 11 is 1.64. The second kappa shape index (κ2) is 8.53. The lowest BCUT2D eigenvalue weighted by Crippen LogP contribution is -2.10. The fraction of sp³-hybridized carbons (Fsp3) is 0.227. The third kappa shape index (κ3) is 4.35. The van der Waals surface area contributed by atoms with E-state index in [4.69, 9.17) is 9.47 Å². The van der Waals surface area contributed by atoms with Crippen molar-refractivity contribution < 1.29 is 14.3 Å². The number of benzene rings is 2. The molecule has 7 heteroatoms. The molecule has 6 nitrogen and oxygen atoms in total. The van der Waals surface area contributed by atoms with Crippen molar-refractivity contribution in [3.63, 3.8) is 0 Å². The highest BCUT2D eigenvalue weighted by molar-refractivity contribution is 8.14. The van der Waals surface area contributed by atoms with E-state index in [0.717, 1.165) is 21.7 Å². The highest BCUT2D eigenvalue weighted by Crippen LogP contribution is 2.33. The Bertz CT molecular complexity index is 1080. The second-order valence-corrected chi connectivity index (χ2v) is 7.59. The first-order chi connectivity index (χ1) is 14.1. The maximum absolute atomic E-state index is 12.4. The molecular formula is C22H21N3O3S. The Labute approximate surface area is 173 Å². The minimum absolute atomic E-state index is 0.271. The minimum Gasteiger partial charge on any atom is -0.462 e. The van der Waals surface area contributed by atoms with Gasteiger partial charge in [0.1, 0.15) is 22.9 Å². The summed E-state index contributed by atoms with van der Waals surface area (Å²) in [6.45, 7) is 4.11. The second-order valence-electron chi connectivity index (χ2n) is 6.58. The van der Waals surface area contributed by atoms with Crippen LogP contribution in [0.4, 0.5) is 5.82 Å². The molecule has 0 saturated heterocycles. The number of nitrogens with zero attached hydrogens (tertiary/aromatic N) is 2. The predicted octanol–water partition coefficient (Wildman–Crippen LogP) is 5.11. The average Bonchev–Trinajstić information content (AvgIpc) is 3.13. The van der Waals surface area contributed by atoms with Gasteiger partial charge in [-0.15, -0.1) is 0 Å². The van der Waals surface area contributed by atoms with Crippen LogP contribution < -0.4 is 10.1 Å². The molecule has 1 aliphatic rings. The zero-order valence-electron chi connectivity index (χ0n) is 16.2. The van der Waals surface area contributed by atoms with Gasteiger partial charge in [0.05, 0.1) is 12.6 Å². The molecule has 0 aliphatic carbocycles. The van der Waals surface area contributed by atoms with Crippen molar-refractivity contribution in [3.05, 3.63) is 60.3 Å². The lowest BCUT2D eigenvalue weighted by molar-refractivity contribution is 0.0523. The van der Waals surface area contributed by atoms with E-state index in [1.54, 1.807) is 24.8 Å². The van der Waals surface area contributed by atoms with E-state index in [-0.39, 0.29) is 18.2 Å². The molecule has 2 aromatic carbocycles. The number of anilines is 1. The molecule has 0 fully saturated rings. The number of aromatic nitrogens is 1. The molecule has 0 spiro atoms. The van der Waals surface area contributed by atoms with Crippen LogP contribution in [-0.4, -0.2) is 34.5 Å². The Balaban J connectivity index is 1.71. The third-order valence-electron chi connectivity index (χ3n) is 4.36. The van der Waals surface area contributed by atoms with Crippen LogP contribution in [0.15, 0.2) is 59.7 Å². The van der Waals surface area contributed by atoms with Crippen LogP contribution in [0.3, 0.4) is 0 Å². The summed E-state index contributed by atoms with van der Waals surface area (Å²) in [5, 5.41) is 6.03. The average molecular weight is 407 g/mol. The van der Waals surface area contributed by atoms with Crippen molar-refractivity contribution in [1.29, 1.82) is 0 Å². The van der Waals surface area contributed by atoms with E-state index in [1.165, 1.54) is 6.20 Å². The molecule has 0 bridgehead atoms. The minimum atomic E-state index is -0.469. The number of carbonyl (C=O) groups is 1. The summed E-state index contributed by atoms with van der Waals surface area (Å²) in [7, 11) is 0. The Morgan fingerprint density at radius 2 is 2.03 bits per heavy atom. The molecule has 2 heterocycles. The summed E-state index contributed by atoms with van der Waals surface area (Å²) in [4.78, 5) is 21.3. The molecule has 3 aromatic rings. The van der Waals surface area contributed by atoms with E-state index in [9.17, 15) is 4.79 Å². The van der Waals surface area contributed by atoms with E-state index < -0.39 is 5.97 Å². The van der Waals surface area contributed by atoms with Gasteiger partial charge in [0.15, 0.2) is 5.17 Å². The van der Waals surface area contributed by atoms with Gasteiger partial charge in [-0.2, -0.15) is 0 Å². The quantitative estimate of drug-likeness (QED) is 0.593. The zero-order chi connectivity index (χ0) is 20.2. The van der Waals surface area contributed by atoms with E-state index in [0.29, 0.717) is 17.3 Å². The zero-order valence-corrected chi connectivity index (χ0v) is 17.0. The predicted molar refractivity (Wildman–Crippen MR) is 117 cm³/mol. The van der Waals surface area contributed by atoms with Crippen molar-refractivity contribution in [2.75, 3.05) is 17.7 Å². The highest BCUT2D eigenvalue weighted by atomic mass is 32.2. The van der Waals surface area contributed by atoms with Gasteiger partial charge < -0.3 is 14.8 Å². The molecule has 4 rings (SSSR count). The van der Waals surface area contributed by atoms with Crippen LogP contribution in [0.2, 0.25) is 0 Å². The standard InChI is InChI=1S/C22H21N3O3S/c1-3-27-21(26)17-12-23-20(25-22-24-14(2)13-29-22)11-19(17)28-18-10-6-8-15-7-4-5-9-16(15)18/h4-12,14H,3,13H2,1-2H3,(H,23,24,25). The van der Waals surface area contributed by atoms with Gasteiger partial charge in [0, 0.05) is 23.4 Å². The lowest BCUT2D eigenvalue weighted by atomic mass is 10.1. The van der Waals surface area contributed by atoms with Crippen molar-refractivity contribution in [1.82, 2.24) is 4.98 Å². The summed E-state index contributed by atoms with van der Waals surface area (Å²) in [6, 6.07) is 15.7. The van der Waals surface area contributed by atoms with Crippen molar-refractivity contribution >= 4 is 39.5 Å². The topological polar surface area (TPSA) is 72.8 Å². The third-order valence-corrected chi connectivity index (χ3v) is 5.49. The smallest absolute Gasteiger partial charge is 0.343 e. The fourth-order valence-electron chi connectivity index (χ4n) is 3.01. The van der Waals surface area contributed by atoms with E-state index in [1.807, 2.05) is 42.5 Å². The Morgan fingerprint density at radius 3 is 2.83 bits per heavy atom. The van der Waals surface area contributed by atoms with Crippen LogP contribution in [0, 0.1) is 0 Å². The maximum atomic E-state index is 12.4. The van der Waals surface area contributed by atoms with Gasteiger partial charge in [-0.05, 0) is 25.3 Å². The molecule has 0 radical (unpaired) electrons. The first-order valence-electron chi connectivity index (χ1n) is 9.44. The number of pyridine rings is 1. The lowest BCUT2D eigenvalue weighted by Gasteiger charge is -2.14. The Kier molecular flexibility index (Phi) is 5.67. The van der Waals surface area contributed by atoms with Gasteiger partial charge in [-0.25, -0.2) is 9.78 Å². The highest BCUT2D eigenvalue weighted by Gasteiger charge is 2.19. The van der Waals surface area contributed by atoms with Gasteiger partial charge >= 0.3 is 5.97 Å². The number of thioether (sulfide) groups is 1. The van der Waals surface area contributed by atoms with Crippen LogP contribution in [0.1, 0.15) is 24.2 Å². The van der Waals surface area contributed by atoms with Crippen molar-refractivity contribution in [2.24, 2.45) is 4.99 Å². The number of hydrogen-bond donors (Lipinski definition) is 1. The molecule has 0 saturated carbocycles. The molecule has 1 N–H and O–H groups in total. The SMILES string of the molecule is CCOC(=O)c1cnc(NC2=NC(C)CS2)cc1Oc1cccc2ccccc12. The van der Waals surface area contributed by atoms with Gasteiger partial charge in [-0.1, -0.05) is 48.2 Å². The molecule has 1 aromatic heterocycles. The molecule has 1 atom stereocenters. The van der Waals surface area contributed by atoms with Crippen LogP contribution in [-0.2, 0) is 4.74 Å². The number of esters is 1. The Morgan fingerprint density at radius 1 is 1.21 bits per heavy atom. The van der Waals surface area contributed by atoms with Gasteiger partial charge in [0.25, 0.3) is 0 Å². The van der Waals surface area contributed by atoms with Crippen LogP contribution in [0.5, 0.6) is 11.5 Å². The summed E-state index contributed by atoms with van der Waals surface area (Å²) in [5.41, 5.74) is 0.278. The summed E-state index contributed by atoms with van der Waals surface area (Å²) < 4.78 is 11.4. The first-order valence-corrected chi connectivity index (χ1v) is 10.4. The number of aliphatic imine (C=N–C) groups is 1. The maximum Gasteiger partial charge on any atom is 0.343 e. The molecule has 29 heavy (non-hydrogen) atoms. The van der Waals surface area contributed by atoms with Gasteiger partial charge in [-0.3, -0.25) is 4.99 Å². The molecule has 148 valence electrons. The van der Waals surface area contributed by atoms with E-state index in [2.05, 4.69) is 22.2 Å². The van der Waals surface area contributed by atoms with Gasteiger partial charge in [0.2, 0.25) is 0 Å². The number of rotatable bonds is 5. The fourth-order valence-corrected chi connectivity index (χ4v) is 3.91. The summed E-state index contributed by atoms with van der Waals surface area (Å²) in [6.07, 6.45) is 1.48. The van der Waals surface area contributed by atoms with Crippen LogP contribution in [0.25, 0.3) is 10.8 Å². The largest absolute Gasteiger partial charge is 0.462 e. The number of carbonyl (C=O) groups excluding carboxylic acids is 1. The van der Waals surface area contributed by atoms with Crippen molar-refractivity contribution in [2.45, 2.75) is 19.9 Å². The summed E-state index contributed by atoms with van der Waals surface area (Å²) in [5.74, 6) is 2.07.